The van der Waals surface area contributed by atoms with Gasteiger partial charge < -0.3 is 25.5 Å². The Labute approximate surface area is 233 Å². The number of rotatable bonds is 11. The van der Waals surface area contributed by atoms with Crippen LogP contribution in [0.1, 0.15) is 33.6 Å². The zero-order valence-corrected chi connectivity index (χ0v) is 23.0. The molecule has 1 atom stereocenters. The van der Waals surface area contributed by atoms with E-state index in [4.69, 9.17) is 14.6 Å². The normalized spacial score (nSPS) is 11.7. The topological polar surface area (TPSA) is 133 Å². The Morgan fingerprint density at radius 1 is 1.12 bits per heavy atom. The van der Waals surface area contributed by atoms with Crippen LogP contribution in [0.15, 0.2) is 55.0 Å². The second-order valence-electron chi connectivity index (χ2n) is 8.51. The Kier molecular flexibility index (Phi) is 12.7. The van der Waals surface area contributed by atoms with E-state index in [0.29, 0.717) is 25.1 Å². The zero-order valence-electron chi connectivity index (χ0n) is 22.2. The van der Waals surface area contributed by atoms with Gasteiger partial charge >= 0.3 is 18.1 Å². The first-order valence-corrected chi connectivity index (χ1v) is 13.4. The van der Waals surface area contributed by atoms with E-state index < -0.39 is 24.2 Å². The number of thioether (sulfide) groups is 1. The van der Waals surface area contributed by atoms with Crippen molar-refractivity contribution >= 4 is 29.6 Å². The highest BCUT2D eigenvalue weighted by atomic mass is 32.2. The second-order valence-corrected chi connectivity index (χ2v) is 9.49. The summed E-state index contributed by atoms with van der Waals surface area (Å²) in [4.78, 5) is 41.5. The summed E-state index contributed by atoms with van der Waals surface area (Å²) in [6, 6.07) is 13.1. The number of hydrogen-bond acceptors (Lipinski definition) is 7. The van der Waals surface area contributed by atoms with Crippen molar-refractivity contribution < 1.29 is 37.4 Å². The highest BCUT2D eigenvalue weighted by Crippen LogP contribution is 2.28. The fourth-order valence-corrected chi connectivity index (χ4v) is 4.05. The minimum atomic E-state index is -5.08. The first-order chi connectivity index (χ1) is 19.0. The van der Waals surface area contributed by atoms with Gasteiger partial charge in [0.15, 0.2) is 0 Å². The van der Waals surface area contributed by atoms with Crippen molar-refractivity contribution in [1.82, 2.24) is 20.6 Å². The molecule has 1 amide bonds. The molecule has 0 spiro atoms. The van der Waals surface area contributed by atoms with Crippen LogP contribution >= 0.6 is 11.8 Å². The standard InChI is InChI=1S/C25H30N4O3S.C2HF3O2/c1-17-6-4-5-7-20(17)22-12-18(13-26-14-19-15-27-16-28-19)8-9-21(22)24(30)29-23(10-11-33-3)25(31)32-2;3-2(4,5)1(6)7/h4-9,12,15-16,23,26H,10-11,13-14H2,1-3H3,(H,27,28)(H,29,30);(H,6,7). The Morgan fingerprint density at radius 2 is 1.82 bits per heavy atom. The van der Waals surface area contributed by atoms with Crippen molar-refractivity contribution in [3.8, 4) is 11.1 Å². The predicted octanol–water partition coefficient (Wildman–Crippen LogP) is 4.33. The van der Waals surface area contributed by atoms with Crippen LogP contribution in [0.4, 0.5) is 13.2 Å². The third kappa shape index (κ3) is 10.0. The highest BCUT2D eigenvalue weighted by molar-refractivity contribution is 7.98. The van der Waals surface area contributed by atoms with Crippen LogP contribution in [0.3, 0.4) is 0 Å². The first kappa shape index (κ1) is 32.4. The number of nitrogens with zero attached hydrogens (tertiary/aromatic N) is 1. The summed E-state index contributed by atoms with van der Waals surface area (Å²) in [5.74, 6) is -2.74. The van der Waals surface area contributed by atoms with Gasteiger partial charge in [0.05, 0.1) is 13.4 Å². The molecule has 0 bridgehead atoms. The molecule has 40 heavy (non-hydrogen) atoms. The molecular formula is C27H31F3N4O5S. The fourth-order valence-electron chi connectivity index (χ4n) is 3.58. The lowest BCUT2D eigenvalue weighted by atomic mass is 9.93. The molecule has 3 aromatic rings. The number of amides is 1. The van der Waals surface area contributed by atoms with Crippen molar-refractivity contribution in [1.29, 1.82) is 0 Å². The lowest BCUT2D eigenvalue weighted by molar-refractivity contribution is -0.192. The molecule has 0 aliphatic carbocycles. The minimum Gasteiger partial charge on any atom is -0.475 e. The summed E-state index contributed by atoms with van der Waals surface area (Å²) in [5.41, 5.74) is 5.47. The molecule has 0 aliphatic heterocycles. The maximum atomic E-state index is 13.3. The van der Waals surface area contributed by atoms with Crippen LogP contribution < -0.4 is 10.6 Å². The number of carboxylic acids is 1. The summed E-state index contributed by atoms with van der Waals surface area (Å²) in [7, 11) is 1.34. The number of methoxy groups -OCH3 is 1. The van der Waals surface area contributed by atoms with Gasteiger partial charge in [-0.3, -0.25) is 4.79 Å². The number of esters is 1. The van der Waals surface area contributed by atoms with E-state index in [0.717, 1.165) is 33.7 Å². The average molecular weight is 581 g/mol. The SMILES string of the molecule is COC(=O)C(CCSC)NC(=O)c1ccc(CNCc2cnc[nH]2)cc1-c1ccccc1C.O=C(O)C(F)(F)F. The van der Waals surface area contributed by atoms with Crippen LogP contribution in [0.25, 0.3) is 11.1 Å². The highest BCUT2D eigenvalue weighted by Gasteiger charge is 2.38. The van der Waals surface area contributed by atoms with Crippen molar-refractivity contribution in [2.24, 2.45) is 0 Å². The van der Waals surface area contributed by atoms with E-state index in [1.807, 2.05) is 55.6 Å². The van der Waals surface area contributed by atoms with Gasteiger partial charge in [-0.1, -0.05) is 30.3 Å². The Morgan fingerprint density at radius 3 is 2.40 bits per heavy atom. The van der Waals surface area contributed by atoms with Crippen LogP contribution in [0.2, 0.25) is 0 Å². The van der Waals surface area contributed by atoms with Crippen molar-refractivity contribution in [2.45, 2.75) is 38.7 Å². The number of carbonyl (C=O) groups excluding carboxylic acids is 2. The predicted molar refractivity (Wildman–Crippen MR) is 146 cm³/mol. The number of aliphatic carboxylic acids is 1. The maximum Gasteiger partial charge on any atom is 0.490 e. The van der Waals surface area contributed by atoms with Gasteiger partial charge in [0.2, 0.25) is 0 Å². The molecule has 1 heterocycles. The van der Waals surface area contributed by atoms with Gasteiger partial charge in [0, 0.05) is 30.5 Å². The van der Waals surface area contributed by atoms with E-state index in [2.05, 4.69) is 20.6 Å². The smallest absolute Gasteiger partial charge is 0.475 e. The fraction of sp³-hybridized carbons (Fsp3) is 0.333. The number of carboxylic acid groups (broad SMARTS) is 1. The van der Waals surface area contributed by atoms with Crippen LogP contribution in [-0.4, -0.2) is 64.3 Å². The van der Waals surface area contributed by atoms with Crippen LogP contribution in [0.5, 0.6) is 0 Å². The molecule has 1 unspecified atom stereocenters. The number of hydrogen-bond donors (Lipinski definition) is 4. The van der Waals surface area contributed by atoms with Crippen molar-refractivity contribution in [2.75, 3.05) is 19.1 Å². The van der Waals surface area contributed by atoms with Gasteiger partial charge in [-0.15, -0.1) is 0 Å². The zero-order chi connectivity index (χ0) is 29.7. The van der Waals surface area contributed by atoms with Crippen LogP contribution in [-0.2, 0) is 27.4 Å². The quantitative estimate of drug-likeness (QED) is 0.246. The number of H-pyrrole nitrogens is 1. The van der Waals surface area contributed by atoms with E-state index in [1.165, 1.54) is 7.11 Å². The number of alkyl halides is 3. The molecule has 1 aromatic heterocycles. The van der Waals surface area contributed by atoms with E-state index in [-0.39, 0.29) is 5.91 Å². The molecule has 0 fully saturated rings. The molecule has 0 saturated heterocycles. The van der Waals surface area contributed by atoms with Gasteiger partial charge in [-0.25, -0.2) is 14.6 Å². The monoisotopic (exact) mass is 580 g/mol. The Bertz CT molecular complexity index is 1270. The van der Waals surface area contributed by atoms with E-state index in [1.54, 1.807) is 24.3 Å². The number of aromatic amines is 1. The molecule has 216 valence electrons. The molecule has 0 saturated carbocycles. The minimum absolute atomic E-state index is 0.290. The molecule has 0 aliphatic rings. The van der Waals surface area contributed by atoms with Crippen molar-refractivity contribution in [3.63, 3.8) is 0 Å². The van der Waals surface area contributed by atoms with Crippen molar-refractivity contribution in [3.05, 3.63) is 77.4 Å². The molecular weight excluding hydrogens is 549 g/mol. The van der Waals surface area contributed by atoms with Gasteiger partial charge in [0.1, 0.15) is 6.04 Å². The van der Waals surface area contributed by atoms with Crippen LogP contribution in [0, 0.1) is 6.92 Å². The number of nitrogens with one attached hydrogen (secondary N) is 3. The Balaban J connectivity index is 0.000000708. The Hall–Kier alpha value is -3.84. The first-order valence-electron chi connectivity index (χ1n) is 12.0. The number of aromatic nitrogens is 2. The van der Waals surface area contributed by atoms with E-state index >= 15 is 0 Å². The van der Waals surface area contributed by atoms with Gasteiger partial charge in [-0.05, 0) is 59.7 Å². The average Bonchev–Trinajstić information content (AvgIpc) is 3.44. The number of carbonyl (C=O) groups is 3. The molecule has 3 rings (SSSR count). The summed E-state index contributed by atoms with van der Waals surface area (Å²) in [5, 5.41) is 13.4. The summed E-state index contributed by atoms with van der Waals surface area (Å²) < 4.78 is 36.6. The third-order valence-corrected chi connectivity index (χ3v) is 6.25. The molecule has 2 aromatic carbocycles. The lowest BCUT2D eigenvalue weighted by Crippen LogP contribution is -2.42. The maximum absolute atomic E-state index is 13.3. The molecule has 13 heteroatoms. The number of benzene rings is 2. The van der Waals surface area contributed by atoms with E-state index in [9.17, 15) is 22.8 Å². The number of halogens is 3. The second kappa shape index (κ2) is 15.7. The third-order valence-electron chi connectivity index (χ3n) is 5.61. The summed E-state index contributed by atoms with van der Waals surface area (Å²) >= 11 is 1.62. The molecule has 4 N–H and O–H groups in total. The summed E-state index contributed by atoms with van der Waals surface area (Å²) in [6.45, 7) is 3.33. The lowest BCUT2D eigenvalue weighted by Gasteiger charge is -2.19. The number of ether oxygens (including phenoxy) is 1. The molecule has 0 radical (unpaired) electrons. The number of aryl methyl sites for hydroxylation is 1. The molecule has 9 nitrogen and oxygen atoms in total. The largest absolute Gasteiger partial charge is 0.490 e. The summed E-state index contributed by atoms with van der Waals surface area (Å²) in [6.07, 6.45) is 0.829. The van der Waals surface area contributed by atoms with Gasteiger partial charge in [-0.2, -0.15) is 24.9 Å². The van der Waals surface area contributed by atoms with Gasteiger partial charge in [0.25, 0.3) is 5.91 Å². The number of imidazole rings is 1.